The molecule has 0 spiro atoms. The predicted octanol–water partition coefficient (Wildman–Crippen LogP) is 5.99. The summed E-state index contributed by atoms with van der Waals surface area (Å²) in [6.45, 7) is 4.95. The van der Waals surface area contributed by atoms with E-state index in [2.05, 4.69) is 25.4 Å². The summed E-state index contributed by atoms with van der Waals surface area (Å²) in [6, 6.07) is 10.0. The van der Waals surface area contributed by atoms with Crippen molar-refractivity contribution in [2.45, 2.75) is 52.1 Å². The van der Waals surface area contributed by atoms with Gasteiger partial charge in [0.25, 0.3) is 0 Å². The topological polar surface area (TPSA) is 94.1 Å². The SMILES string of the molecule is CC[C@@H]1CC(Cc2nc(Nc3cc(C)[nH]n3)ccc2F)(C(=O)O)CCN1Cc1c(Cl)cccc1Cl. The fourth-order valence-corrected chi connectivity index (χ4v) is 5.28. The van der Waals surface area contributed by atoms with Crippen molar-refractivity contribution in [1.82, 2.24) is 20.1 Å². The summed E-state index contributed by atoms with van der Waals surface area (Å²) in [4.78, 5) is 19.2. The molecule has 35 heavy (non-hydrogen) atoms. The normalized spacial score (nSPS) is 20.7. The molecule has 3 aromatic rings. The standard InChI is InChI=1S/C25H28Cl2FN5O2/c1-3-16-12-25(24(34)35,9-10-33(16)14-17-18(26)5-4-6-19(17)27)13-21-20(28)7-8-22(29-21)30-23-11-15(2)31-32-23/h4-8,11,16H,3,9-10,12-14H2,1-2H3,(H,34,35)(H2,29,30,31,32)/t16-,25?/m1/s1. The number of benzene rings is 1. The van der Waals surface area contributed by atoms with E-state index in [1.807, 2.05) is 13.8 Å². The molecular formula is C25H28Cl2FN5O2. The first-order valence-corrected chi connectivity index (χ1v) is 12.3. The number of aromatic amines is 1. The van der Waals surface area contributed by atoms with Gasteiger partial charge in [-0.05, 0) is 57.0 Å². The maximum absolute atomic E-state index is 14.8. The molecule has 1 aliphatic rings. The molecule has 1 unspecified atom stereocenters. The Bertz CT molecular complexity index is 1200. The second-order valence-corrected chi connectivity index (χ2v) is 9.95. The molecule has 1 aromatic carbocycles. The number of piperidine rings is 1. The van der Waals surface area contributed by atoms with E-state index in [4.69, 9.17) is 23.2 Å². The molecule has 2 aromatic heterocycles. The summed E-state index contributed by atoms with van der Waals surface area (Å²) in [5.41, 5.74) is 0.700. The third-order valence-electron chi connectivity index (χ3n) is 6.75. The molecule has 0 aliphatic carbocycles. The van der Waals surface area contributed by atoms with Gasteiger partial charge in [0.2, 0.25) is 0 Å². The second kappa shape index (κ2) is 10.5. The molecule has 0 radical (unpaired) electrons. The van der Waals surface area contributed by atoms with E-state index < -0.39 is 17.2 Å². The van der Waals surface area contributed by atoms with Crippen LogP contribution in [-0.4, -0.2) is 43.7 Å². The quantitative estimate of drug-likeness (QED) is 0.338. The van der Waals surface area contributed by atoms with Gasteiger partial charge in [0.15, 0.2) is 5.82 Å². The highest BCUT2D eigenvalue weighted by Crippen LogP contribution is 2.41. The number of carbonyl (C=O) groups is 1. The molecule has 3 heterocycles. The van der Waals surface area contributed by atoms with E-state index in [9.17, 15) is 14.3 Å². The summed E-state index contributed by atoms with van der Waals surface area (Å²) in [5.74, 6) is -0.494. The van der Waals surface area contributed by atoms with E-state index in [0.29, 0.717) is 47.6 Å². The first kappa shape index (κ1) is 25.4. The van der Waals surface area contributed by atoms with Crippen LogP contribution in [0.4, 0.5) is 16.0 Å². The van der Waals surface area contributed by atoms with Crippen LogP contribution >= 0.6 is 23.2 Å². The molecule has 2 atom stereocenters. The number of nitrogens with zero attached hydrogens (tertiary/aromatic N) is 3. The van der Waals surface area contributed by atoms with Crippen molar-refractivity contribution in [2.24, 2.45) is 5.41 Å². The average Bonchev–Trinajstić information content (AvgIpc) is 3.23. The minimum absolute atomic E-state index is 0.000466. The first-order valence-electron chi connectivity index (χ1n) is 11.6. The van der Waals surface area contributed by atoms with Crippen LogP contribution in [0.25, 0.3) is 0 Å². The first-order chi connectivity index (χ1) is 16.7. The van der Waals surface area contributed by atoms with E-state index in [1.54, 1.807) is 24.3 Å². The number of hydrogen-bond donors (Lipinski definition) is 3. The number of aromatic nitrogens is 3. The number of carboxylic acids is 1. The van der Waals surface area contributed by atoms with Crippen molar-refractivity contribution in [2.75, 3.05) is 11.9 Å². The minimum atomic E-state index is -1.13. The monoisotopic (exact) mass is 519 g/mol. The Balaban J connectivity index is 1.55. The van der Waals surface area contributed by atoms with Crippen LogP contribution in [0.2, 0.25) is 10.0 Å². The van der Waals surface area contributed by atoms with Crippen molar-refractivity contribution in [1.29, 1.82) is 0 Å². The second-order valence-electron chi connectivity index (χ2n) is 9.14. The number of carboxylic acid groups (broad SMARTS) is 1. The van der Waals surface area contributed by atoms with E-state index in [0.717, 1.165) is 17.7 Å². The average molecular weight is 520 g/mol. The number of anilines is 2. The molecule has 1 aliphatic heterocycles. The van der Waals surface area contributed by atoms with Gasteiger partial charge in [0.05, 0.1) is 11.1 Å². The number of nitrogens with one attached hydrogen (secondary N) is 2. The zero-order valence-electron chi connectivity index (χ0n) is 19.6. The molecule has 0 saturated carbocycles. The van der Waals surface area contributed by atoms with Gasteiger partial charge in [-0.25, -0.2) is 9.37 Å². The molecule has 0 bridgehead atoms. The third-order valence-corrected chi connectivity index (χ3v) is 7.46. The van der Waals surface area contributed by atoms with Gasteiger partial charge < -0.3 is 10.4 Å². The minimum Gasteiger partial charge on any atom is -0.481 e. The number of rotatable bonds is 8. The van der Waals surface area contributed by atoms with Crippen molar-refractivity contribution < 1.29 is 14.3 Å². The number of likely N-dealkylation sites (tertiary alicyclic amines) is 1. The van der Waals surface area contributed by atoms with Gasteiger partial charge in [-0.1, -0.05) is 36.2 Å². The van der Waals surface area contributed by atoms with Crippen LogP contribution in [0.15, 0.2) is 36.4 Å². The Kier molecular flexibility index (Phi) is 7.64. The highest BCUT2D eigenvalue weighted by molar-refractivity contribution is 6.35. The lowest BCUT2D eigenvalue weighted by Crippen LogP contribution is -2.50. The van der Waals surface area contributed by atoms with Crippen molar-refractivity contribution >= 4 is 40.8 Å². The van der Waals surface area contributed by atoms with Crippen LogP contribution in [0.1, 0.15) is 43.1 Å². The lowest BCUT2D eigenvalue weighted by molar-refractivity contribution is -0.154. The number of aryl methyl sites for hydroxylation is 1. The fourth-order valence-electron chi connectivity index (χ4n) is 4.76. The highest BCUT2D eigenvalue weighted by Gasteiger charge is 2.46. The Morgan fingerprint density at radius 2 is 2.03 bits per heavy atom. The molecule has 3 N–H and O–H groups in total. The predicted molar refractivity (Wildman–Crippen MR) is 135 cm³/mol. The van der Waals surface area contributed by atoms with E-state index in [1.165, 1.54) is 12.1 Å². The maximum Gasteiger partial charge on any atom is 0.310 e. The molecule has 4 rings (SSSR count). The van der Waals surface area contributed by atoms with E-state index in [-0.39, 0.29) is 18.2 Å². The van der Waals surface area contributed by atoms with Gasteiger partial charge in [0.1, 0.15) is 11.6 Å². The Hall–Kier alpha value is -2.68. The van der Waals surface area contributed by atoms with Gasteiger partial charge in [0, 0.05) is 46.4 Å². The third kappa shape index (κ3) is 5.60. The zero-order chi connectivity index (χ0) is 25.2. The van der Waals surface area contributed by atoms with Gasteiger partial charge in [-0.15, -0.1) is 0 Å². The number of halogens is 3. The van der Waals surface area contributed by atoms with E-state index >= 15 is 0 Å². The molecule has 0 amide bonds. The van der Waals surface area contributed by atoms with Crippen LogP contribution in [0, 0.1) is 18.2 Å². The summed E-state index contributed by atoms with van der Waals surface area (Å²) < 4.78 is 14.8. The lowest BCUT2D eigenvalue weighted by Gasteiger charge is -2.44. The molecule has 1 fully saturated rings. The Morgan fingerprint density at radius 1 is 1.29 bits per heavy atom. The smallest absolute Gasteiger partial charge is 0.310 e. The summed E-state index contributed by atoms with van der Waals surface area (Å²) in [7, 11) is 0. The lowest BCUT2D eigenvalue weighted by atomic mass is 9.71. The van der Waals surface area contributed by atoms with Crippen molar-refractivity contribution in [3.05, 3.63) is 69.2 Å². The van der Waals surface area contributed by atoms with Gasteiger partial charge in [-0.3, -0.25) is 14.8 Å². The van der Waals surface area contributed by atoms with Gasteiger partial charge in [-0.2, -0.15) is 5.10 Å². The largest absolute Gasteiger partial charge is 0.481 e. The van der Waals surface area contributed by atoms with Crippen molar-refractivity contribution in [3.8, 4) is 0 Å². The van der Waals surface area contributed by atoms with Crippen LogP contribution in [-0.2, 0) is 17.8 Å². The number of pyridine rings is 1. The number of hydrogen-bond acceptors (Lipinski definition) is 5. The Labute approximate surface area is 213 Å². The zero-order valence-corrected chi connectivity index (χ0v) is 21.1. The molecule has 186 valence electrons. The molecule has 7 nitrogen and oxygen atoms in total. The number of H-pyrrole nitrogens is 1. The summed E-state index contributed by atoms with van der Waals surface area (Å²) in [6.07, 6.45) is 1.48. The van der Waals surface area contributed by atoms with Crippen LogP contribution in [0.5, 0.6) is 0 Å². The van der Waals surface area contributed by atoms with Crippen molar-refractivity contribution in [3.63, 3.8) is 0 Å². The fraction of sp³-hybridized carbons (Fsp3) is 0.400. The van der Waals surface area contributed by atoms with Gasteiger partial charge >= 0.3 is 5.97 Å². The summed E-state index contributed by atoms with van der Waals surface area (Å²) in [5, 5.41) is 21.4. The maximum atomic E-state index is 14.8. The number of aliphatic carboxylic acids is 1. The molecular weight excluding hydrogens is 492 g/mol. The van der Waals surface area contributed by atoms with Crippen LogP contribution in [0.3, 0.4) is 0 Å². The van der Waals surface area contributed by atoms with Crippen LogP contribution < -0.4 is 5.32 Å². The highest BCUT2D eigenvalue weighted by atomic mass is 35.5. The Morgan fingerprint density at radius 3 is 2.66 bits per heavy atom. The molecule has 1 saturated heterocycles. The summed E-state index contributed by atoms with van der Waals surface area (Å²) >= 11 is 12.8. The molecule has 10 heteroatoms.